The van der Waals surface area contributed by atoms with E-state index in [1.165, 1.54) is 12.1 Å². The maximum atomic E-state index is 12.8. The van der Waals surface area contributed by atoms with E-state index in [0.29, 0.717) is 35.8 Å². The summed E-state index contributed by atoms with van der Waals surface area (Å²) in [5.41, 5.74) is 1.01. The number of likely N-dealkylation sites (tertiary alicyclic amines) is 1. The number of nitrogens with zero attached hydrogens (tertiary/aromatic N) is 2. The Morgan fingerprint density at radius 1 is 1.08 bits per heavy atom. The second-order valence-corrected chi connectivity index (χ2v) is 8.04. The van der Waals surface area contributed by atoms with Gasteiger partial charge in [-0.25, -0.2) is 4.79 Å². The molecule has 36 heavy (non-hydrogen) atoms. The minimum Gasteiger partial charge on any atom is -0.486 e. The van der Waals surface area contributed by atoms with Gasteiger partial charge in [-0.05, 0) is 48.7 Å². The Kier molecular flexibility index (Phi) is 9.44. The van der Waals surface area contributed by atoms with Crippen molar-refractivity contribution in [3.8, 4) is 11.5 Å². The molecule has 1 N–H and O–H groups in total. The first-order valence-electron chi connectivity index (χ1n) is 11.5. The number of nitrogens with one attached hydrogen (secondary N) is 1. The molecule has 2 aromatic carbocycles. The number of carbonyl (C=O) groups is 2. The average molecular weight is 496 g/mol. The van der Waals surface area contributed by atoms with Crippen molar-refractivity contribution in [3.05, 3.63) is 89.0 Å². The van der Waals surface area contributed by atoms with E-state index in [-0.39, 0.29) is 37.4 Å². The molecular weight excluding hydrogens is 466 g/mol. The summed E-state index contributed by atoms with van der Waals surface area (Å²) in [6.07, 6.45) is 4.24. The zero-order valence-corrected chi connectivity index (χ0v) is 19.9. The molecule has 190 valence electrons. The summed E-state index contributed by atoms with van der Waals surface area (Å²) in [6.45, 7) is 8.60. The van der Waals surface area contributed by atoms with Crippen molar-refractivity contribution < 1.29 is 28.7 Å². The molecule has 0 bridgehead atoms. The fourth-order valence-corrected chi connectivity index (χ4v) is 3.72. The summed E-state index contributed by atoms with van der Waals surface area (Å²) in [7, 11) is 0. The van der Waals surface area contributed by atoms with Crippen molar-refractivity contribution in [1.29, 1.82) is 0 Å². The third-order valence-electron chi connectivity index (χ3n) is 5.54. The molecule has 1 unspecified atom stereocenters. The van der Waals surface area contributed by atoms with Crippen LogP contribution in [0.1, 0.15) is 28.8 Å². The maximum Gasteiger partial charge on any atom is 0.410 e. The number of rotatable bonds is 12. The third kappa shape index (κ3) is 7.08. The first kappa shape index (κ1) is 26.3. The summed E-state index contributed by atoms with van der Waals surface area (Å²) in [4.78, 5) is 37.3. The van der Waals surface area contributed by atoms with Gasteiger partial charge in [0.25, 0.3) is 11.6 Å². The van der Waals surface area contributed by atoms with Crippen molar-refractivity contribution in [2.75, 3.05) is 26.3 Å². The summed E-state index contributed by atoms with van der Waals surface area (Å²) in [5, 5.41) is 13.6. The van der Waals surface area contributed by atoms with Gasteiger partial charge in [0.15, 0.2) is 11.5 Å². The van der Waals surface area contributed by atoms with Gasteiger partial charge in [0.2, 0.25) is 0 Å². The van der Waals surface area contributed by atoms with E-state index in [2.05, 4.69) is 18.5 Å². The van der Waals surface area contributed by atoms with Crippen LogP contribution in [0.4, 0.5) is 10.5 Å². The van der Waals surface area contributed by atoms with Crippen LogP contribution in [-0.2, 0) is 11.3 Å². The molecular formula is C26H29N3O7. The number of non-ortho nitro benzene ring substituents is 1. The molecule has 3 rings (SSSR count). The van der Waals surface area contributed by atoms with Gasteiger partial charge in [-0.3, -0.25) is 14.9 Å². The Bertz CT molecular complexity index is 1100. The van der Waals surface area contributed by atoms with Crippen LogP contribution in [0.3, 0.4) is 0 Å². The van der Waals surface area contributed by atoms with Crippen LogP contribution in [0.15, 0.2) is 67.8 Å². The molecule has 1 aliphatic rings. The normalized spacial score (nSPS) is 14.6. The number of carbonyl (C=O) groups excluding carboxylic acids is 2. The molecule has 1 fully saturated rings. The molecule has 0 radical (unpaired) electrons. The first-order chi connectivity index (χ1) is 17.4. The topological polar surface area (TPSA) is 120 Å². The van der Waals surface area contributed by atoms with Gasteiger partial charge in [0.05, 0.1) is 11.0 Å². The van der Waals surface area contributed by atoms with Crippen LogP contribution in [0.2, 0.25) is 0 Å². The van der Waals surface area contributed by atoms with Crippen LogP contribution in [0.25, 0.3) is 0 Å². The molecule has 0 aromatic heterocycles. The van der Waals surface area contributed by atoms with Crippen LogP contribution < -0.4 is 14.8 Å². The number of benzene rings is 2. The van der Waals surface area contributed by atoms with Gasteiger partial charge in [-0.2, -0.15) is 0 Å². The largest absolute Gasteiger partial charge is 0.486 e. The lowest BCUT2D eigenvalue weighted by Gasteiger charge is -2.24. The van der Waals surface area contributed by atoms with Crippen molar-refractivity contribution in [2.45, 2.75) is 25.5 Å². The van der Waals surface area contributed by atoms with Gasteiger partial charge in [0, 0.05) is 30.8 Å². The van der Waals surface area contributed by atoms with Crippen molar-refractivity contribution >= 4 is 17.7 Å². The summed E-state index contributed by atoms with van der Waals surface area (Å²) in [5.74, 6) is 0.604. The highest BCUT2D eigenvalue weighted by molar-refractivity contribution is 5.95. The van der Waals surface area contributed by atoms with Crippen LogP contribution in [-0.4, -0.2) is 54.2 Å². The van der Waals surface area contributed by atoms with Gasteiger partial charge in [0.1, 0.15) is 19.8 Å². The number of ether oxygens (including phenoxy) is 3. The highest BCUT2D eigenvalue weighted by atomic mass is 16.6. The van der Waals surface area contributed by atoms with Crippen LogP contribution in [0, 0.1) is 10.1 Å². The van der Waals surface area contributed by atoms with Crippen LogP contribution >= 0.6 is 0 Å². The zero-order valence-electron chi connectivity index (χ0n) is 19.9. The summed E-state index contributed by atoms with van der Waals surface area (Å²) >= 11 is 0. The molecule has 0 aliphatic carbocycles. The van der Waals surface area contributed by atoms with Crippen molar-refractivity contribution in [3.63, 3.8) is 0 Å². The Labute approximate surface area is 209 Å². The number of hydrogen-bond acceptors (Lipinski definition) is 7. The average Bonchev–Trinajstić information content (AvgIpc) is 3.37. The number of nitro groups is 1. The molecule has 10 nitrogen and oxygen atoms in total. The lowest BCUT2D eigenvalue weighted by atomic mass is 10.1. The van der Waals surface area contributed by atoms with E-state index in [1.807, 2.05) is 0 Å². The van der Waals surface area contributed by atoms with E-state index in [1.54, 1.807) is 47.4 Å². The zero-order chi connectivity index (χ0) is 25.9. The van der Waals surface area contributed by atoms with Gasteiger partial charge in [-0.1, -0.05) is 25.3 Å². The van der Waals surface area contributed by atoms with Crippen molar-refractivity contribution in [1.82, 2.24) is 10.2 Å². The number of nitro benzene ring substituents is 1. The lowest BCUT2D eigenvalue weighted by Crippen LogP contribution is -2.43. The van der Waals surface area contributed by atoms with E-state index >= 15 is 0 Å². The van der Waals surface area contributed by atoms with Gasteiger partial charge in [-0.15, -0.1) is 0 Å². The monoisotopic (exact) mass is 495 g/mol. The third-order valence-corrected chi connectivity index (χ3v) is 5.54. The van der Waals surface area contributed by atoms with Gasteiger partial charge < -0.3 is 24.4 Å². The second kappa shape index (κ2) is 12.9. The smallest absolute Gasteiger partial charge is 0.410 e. The Balaban J connectivity index is 1.55. The minimum atomic E-state index is -0.492. The Morgan fingerprint density at radius 3 is 2.44 bits per heavy atom. The lowest BCUT2D eigenvalue weighted by molar-refractivity contribution is -0.384. The SMILES string of the molecule is C=CCOc1ccc(C(=O)NCC2CCCN2C(=O)OCc2ccc([N+](=O)[O-])cc2)cc1OCC=C. The standard InChI is InChI=1S/C26H29N3O7/c1-3-14-34-23-12-9-20(16-24(23)35-15-4-2)25(30)27-17-22-6-5-13-28(22)26(31)36-18-19-7-10-21(11-8-19)29(32)33/h3-4,7-12,16,22H,1-2,5-6,13-15,17-18H2,(H,27,30). The molecule has 1 aliphatic heterocycles. The highest BCUT2D eigenvalue weighted by Crippen LogP contribution is 2.29. The number of hydrogen-bond donors (Lipinski definition) is 1. The summed E-state index contributed by atoms with van der Waals surface area (Å²) < 4.78 is 16.6. The van der Waals surface area contributed by atoms with E-state index in [0.717, 1.165) is 12.8 Å². The fraction of sp³-hybridized carbons (Fsp3) is 0.308. The molecule has 0 saturated carbocycles. The summed E-state index contributed by atoms with van der Waals surface area (Å²) in [6, 6.07) is 10.5. The minimum absolute atomic E-state index is 0.000164. The van der Waals surface area contributed by atoms with E-state index < -0.39 is 11.0 Å². The second-order valence-electron chi connectivity index (χ2n) is 8.04. The van der Waals surface area contributed by atoms with Crippen molar-refractivity contribution in [2.24, 2.45) is 0 Å². The predicted octanol–water partition coefficient (Wildman–Crippen LogP) is 4.26. The fourth-order valence-electron chi connectivity index (χ4n) is 3.72. The Hall–Kier alpha value is -4.34. The van der Waals surface area contributed by atoms with E-state index in [4.69, 9.17) is 14.2 Å². The molecule has 10 heteroatoms. The molecule has 2 amide bonds. The molecule has 0 spiro atoms. The quantitative estimate of drug-likeness (QED) is 0.265. The maximum absolute atomic E-state index is 12.8. The predicted molar refractivity (Wildman–Crippen MR) is 133 cm³/mol. The molecule has 1 heterocycles. The first-order valence-corrected chi connectivity index (χ1v) is 11.5. The Morgan fingerprint density at radius 2 is 1.78 bits per heavy atom. The molecule has 1 atom stereocenters. The van der Waals surface area contributed by atoms with Gasteiger partial charge >= 0.3 is 6.09 Å². The number of amides is 2. The molecule has 1 saturated heterocycles. The van der Waals surface area contributed by atoms with Crippen LogP contribution in [0.5, 0.6) is 11.5 Å². The highest BCUT2D eigenvalue weighted by Gasteiger charge is 2.30. The molecule has 2 aromatic rings. The van der Waals surface area contributed by atoms with E-state index in [9.17, 15) is 19.7 Å².